The molecular formula is C13H21N3O3. The van der Waals surface area contributed by atoms with Crippen LogP contribution < -0.4 is 5.32 Å². The molecule has 6 heteroatoms. The first kappa shape index (κ1) is 13.0. The van der Waals surface area contributed by atoms with Crippen molar-refractivity contribution in [3.05, 3.63) is 11.8 Å². The first-order valence-corrected chi connectivity index (χ1v) is 7.07. The Bertz CT molecular complexity index is 415. The quantitative estimate of drug-likeness (QED) is 0.879. The van der Waals surface area contributed by atoms with Gasteiger partial charge in [-0.05, 0) is 25.9 Å². The van der Waals surface area contributed by atoms with Crippen LogP contribution in [0.4, 0.5) is 0 Å². The Kier molecular flexibility index (Phi) is 3.81. The van der Waals surface area contributed by atoms with Gasteiger partial charge in [0, 0.05) is 12.8 Å². The maximum absolute atomic E-state index is 5.98. The number of aromatic nitrogens is 2. The predicted molar refractivity (Wildman–Crippen MR) is 67.7 cm³/mol. The van der Waals surface area contributed by atoms with Crippen molar-refractivity contribution >= 4 is 0 Å². The topological polar surface area (TPSA) is 69.4 Å². The van der Waals surface area contributed by atoms with Gasteiger partial charge in [0.1, 0.15) is 6.61 Å². The van der Waals surface area contributed by atoms with Crippen LogP contribution >= 0.6 is 0 Å². The van der Waals surface area contributed by atoms with E-state index in [0.717, 1.165) is 38.8 Å². The number of hydrogen-bond acceptors (Lipinski definition) is 6. The zero-order valence-corrected chi connectivity index (χ0v) is 11.4. The van der Waals surface area contributed by atoms with Crippen molar-refractivity contribution in [1.29, 1.82) is 0 Å². The molecule has 1 aromatic heterocycles. The van der Waals surface area contributed by atoms with Gasteiger partial charge >= 0.3 is 0 Å². The summed E-state index contributed by atoms with van der Waals surface area (Å²) in [5.41, 5.74) is 0.0410. The molecule has 1 N–H and O–H groups in total. The fourth-order valence-electron chi connectivity index (χ4n) is 2.82. The van der Waals surface area contributed by atoms with Crippen LogP contribution in [-0.2, 0) is 22.5 Å². The third-order valence-corrected chi connectivity index (χ3v) is 3.94. The van der Waals surface area contributed by atoms with Gasteiger partial charge in [0.05, 0.1) is 18.3 Å². The van der Waals surface area contributed by atoms with E-state index in [0.29, 0.717) is 25.0 Å². The molecule has 1 spiro atoms. The van der Waals surface area contributed by atoms with E-state index in [1.807, 2.05) is 6.92 Å². The molecule has 2 fully saturated rings. The van der Waals surface area contributed by atoms with E-state index in [1.54, 1.807) is 0 Å². The maximum Gasteiger partial charge on any atom is 0.242 e. The van der Waals surface area contributed by atoms with Crippen molar-refractivity contribution in [3.8, 4) is 0 Å². The second kappa shape index (κ2) is 5.56. The Morgan fingerprint density at radius 2 is 2.11 bits per heavy atom. The average molecular weight is 267 g/mol. The molecule has 0 aromatic carbocycles. The van der Waals surface area contributed by atoms with Gasteiger partial charge in [0.15, 0.2) is 0 Å². The van der Waals surface area contributed by atoms with E-state index in [4.69, 9.17) is 13.9 Å². The van der Waals surface area contributed by atoms with Crippen LogP contribution in [0.15, 0.2) is 4.42 Å². The molecule has 0 bridgehead atoms. The Balaban J connectivity index is 1.49. The zero-order chi connectivity index (χ0) is 13.1. The van der Waals surface area contributed by atoms with Crippen LogP contribution in [0.1, 0.15) is 38.0 Å². The fourth-order valence-corrected chi connectivity index (χ4v) is 2.82. The van der Waals surface area contributed by atoms with E-state index in [9.17, 15) is 0 Å². The Morgan fingerprint density at radius 1 is 1.32 bits per heavy atom. The lowest BCUT2D eigenvalue weighted by Gasteiger charge is -2.32. The maximum atomic E-state index is 5.98. The van der Waals surface area contributed by atoms with E-state index < -0.39 is 0 Å². The molecule has 2 aliphatic heterocycles. The molecule has 0 radical (unpaired) electrons. The molecule has 2 aliphatic rings. The molecule has 1 unspecified atom stereocenters. The van der Waals surface area contributed by atoms with Gasteiger partial charge < -0.3 is 19.2 Å². The molecule has 106 valence electrons. The highest BCUT2D eigenvalue weighted by Crippen LogP contribution is 2.35. The Labute approximate surface area is 112 Å². The minimum atomic E-state index is 0.0410. The summed E-state index contributed by atoms with van der Waals surface area (Å²) in [7, 11) is 0. The van der Waals surface area contributed by atoms with Crippen LogP contribution in [0.25, 0.3) is 0 Å². The van der Waals surface area contributed by atoms with Crippen molar-refractivity contribution in [2.75, 3.05) is 19.7 Å². The molecule has 1 aromatic rings. The molecular weight excluding hydrogens is 246 g/mol. The molecule has 1 atom stereocenters. The lowest BCUT2D eigenvalue weighted by Crippen LogP contribution is -2.41. The van der Waals surface area contributed by atoms with E-state index in [-0.39, 0.29) is 11.7 Å². The zero-order valence-electron chi connectivity index (χ0n) is 11.4. The van der Waals surface area contributed by atoms with Gasteiger partial charge in [0.25, 0.3) is 0 Å². The minimum absolute atomic E-state index is 0.0410. The van der Waals surface area contributed by atoms with E-state index >= 15 is 0 Å². The molecule has 2 saturated heterocycles. The first-order chi connectivity index (χ1) is 9.30. The van der Waals surface area contributed by atoms with Crippen LogP contribution in [0.5, 0.6) is 0 Å². The number of piperidine rings is 1. The summed E-state index contributed by atoms with van der Waals surface area (Å²) < 4.78 is 17.2. The standard InChI is InChI=1S/C13H21N3O3/c1-2-11-15-16-12(19-11)9-17-10-7-13(18-8-10)3-5-14-6-4-13/h10,14H,2-9H2,1H3. The number of aryl methyl sites for hydroxylation is 1. The van der Waals surface area contributed by atoms with Crippen molar-refractivity contribution in [3.63, 3.8) is 0 Å². The van der Waals surface area contributed by atoms with Gasteiger partial charge in [0.2, 0.25) is 11.8 Å². The number of hydrogen-bond donors (Lipinski definition) is 1. The molecule has 0 aliphatic carbocycles. The largest absolute Gasteiger partial charge is 0.423 e. The third-order valence-electron chi connectivity index (χ3n) is 3.94. The van der Waals surface area contributed by atoms with Crippen LogP contribution in [0, 0.1) is 0 Å². The molecule has 3 heterocycles. The van der Waals surface area contributed by atoms with Crippen molar-refractivity contribution in [1.82, 2.24) is 15.5 Å². The van der Waals surface area contributed by atoms with Crippen LogP contribution in [-0.4, -0.2) is 41.6 Å². The van der Waals surface area contributed by atoms with Gasteiger partial charge in [-0.15, -0.1) is 10.2 Å². The SMILES string of the molecule is CCc1nnc(COC2COC3(CCNCC3)C2)o1. The van der Waals surface area contributed by atoms with Gasteiger partial charge in [-0.2, -0.15) is 0 Å². The van der Waals surface area contributed by atoms with Crippen molar-refractivity contribution < 1.29 is 13.9 Å². The van der Waals surface area contributed by atoms with Gasteiger partial charge in [-0.3, -0.25) is 0 Å². The monoisotopic (exact) mass is 267 g/mol. The molecule has 19 heavy (non-hydrogen) atoms. The number of ether oxygens (including phenoxy) is 2. The summed E-state index contributed by atoms with van der Waals surface area (Å²) in [6.07, 6.45) is 4.04. The summed E-state index contributed by atoms with van der Waals surface area (Å²) >= 11 is 0. The van der Waals surface area contributed by atoms with E-state index in [2.05, 4.69) is 15.5 Å². The second-order valence-corrected chi connectivity index (χ2v) is 5.32. The Hall–Kier alpha value is -0.980. The second-order valence-electron chi connectivity index (χ2n) is 5.32. The summed E-state index contributed by atoms with van der Waals surface area (Å²) in [5.74, 6) is 1.22. The van der Waals surface area contributed by atoms with Gasteiger partial charge in [-0.1, -0.05) is 6.92 Å². The van der Waals surface area contributed by atoms with Crippen LogP contribution in [0.2, 0.25) is 0 Å². The smallest absolute Gasteiger partial charge is 0.242 e. The lowest BCUT2D eigenvalue weighted by molar-refractivity contribution is -0.0249. The normalized spacial score (nSPS) is 26.1. The van der Waals surface area contributed by atoms with Crippen molar-refractivity contribution in [2.24, 2.45) is 0 Å². The summed E-state index contributed by atoms with van der Waals surface area (Å²) in [6.45, 7) is 5.13. The minimum Gasteiger partial charge on any atom is -0.423 e. The highest BCUT2D eigenvalue weighted by molar-refractivity contribution is 4.93. The number of rotatable bonds is 4. The highest BCUT2D eigenvalue weighted by Gasteiger charge is 2.41. The number of nitrogens with zero attached hydrogens (tertiary/aromatic N) is 2. The van der Waals surface area contributed by atoms with E-state index in [1.165, 1.54) is 0 Å². The lowest BCUT2D eigenvalue weighted by atomic mass is 9.89. The number of nitrogens with one attached hydrogen (secondary N) is 1. The molecule has 0 saturated carbocycles. The average Bonchev–Trinajstić information content (AvgIpc) is 3.05. The van der Waals surface area contributed by atoms with Crippen LogP contribution in [0.3, 0.4) is 0 Å². The summed E-state index contributed by atoms with van der Waals surface area (Å²) in [5, 5.41) is 11.3. The predicted octanol–water partition coefficient (Wildman–Crippen LogP) is 1.06. The highest BCUT2D eigenvalue weighted by atomic mass is 16.6. The Morgan fingerprint density at radius 3 is 2.84 bits per heavy atom. The molecule has 6 nitrogen and oxygen atoms in total. The summed E-state index contributed by atoms with van der Waals surface area (Å²) in [6, 6.07) is 0. The van der Waals surface area contributed by atoms with Crippen molar-refractivity contribution in [2.45, 2.75) is 50.9 Å². The fraction of sp³-hybridized carbons (Fsp3) is 0.846. The first-order valence-electron chi connectivity index (χ1n) is 7.07. The summed E-state index contributed by atoms with van der Waals surface area (Å²) in [4.78, 5) is 0. The molecule has 3 rings (SSSR count). The third kappa shape index (κ3) is 2.96. The van der Waals surface area contributed by atoms with Gasteiger partial charge in [-0.25, -0.2) is 0 Å². The molecule has 0 amide bonds.